The number of amides is 5. The number of carbonyl (C=O) groups excluding carboxylic acids is 3. The molecule has 0 fully saturated rings. The van der Waals surface area contributed by atoms with Crippen LogP contribution in [-0.4, -0.2) is 71.8 Å². The average molecular weight is 632 g/mol. The second-order valence-electron chi connectivity index (χ2n) is 10.8. The van der Waals surface area contributed by atoms with E-state index >= 15 is 0 Å². The summed E-state index contributed by atoms with van der Waals surface area (Å²) in [5.74, 6) is -0.991. The molecular formula is C31H33F4N5O5. The molecule has 0 bridgehead atoms. The quantitative estimate of drug-likeness (QED) is 0.243. The third kappa shape index (κ3) is 8.41. The van der Waals surface area contributed by atoms with Gasteiger partial charge >= 0.3 is 18.2 Å². The molecule has 0 unspecified atom stereocenters. The van der Waals surface area contributed by atoms with Crippen molar-refractivity contribution in [3.63, 3.8) is 0 Å². The average Bonchev–Trinajstić information content (AvgIpc) is 2.99. The van der Waals surface area contributed by atoms with Crippen molar-refractivity contribution in [3.8, 4) is 5.75 Å². The molecule has 1 heterocycles. The number of benzene rings is 3. The Labute approximate surface area is 257 Å². The van der Waals surface area contributed by atoms with Gasteiger partial charge in [0.15, 0.2) is 0 Å². The first-order valence-corrected chi connectivity index (χ1v) is 14.0. The molecule has 0 radical (unpaired) electrons. The number of halogens is 4. The molecule has 0 aliphatic carbocycles. The minimum atomic E-state index is -4.51. The molecule has 1 aliphatic heterocycles. The van der Waals surface area contributed by atoms with Crippen LogP contribution in [0.2, 0.25) is 0 Å². The van der Waals surface area contributed by atoms with Crippen LogP contribution in [0.5, 0.6) is 5.75 Å². The summed E-state index contributed by atoms with van der Waals surface area (Å²) in [4.78, 5) is 42.0. The molecule has 14 heteroatoms. The van der Waals surface area contributed by atoms with Gasteiger partial charge in [0.05, 0.1) is 30.3 Å². The molecule has 240 valence electrons. The van der Waals surface area contributed by atoms with E-state index in [1.165, 1.54) is 52.3 Å². The summed E-state index contributed by atoms with van der Waals surface area (Å²) in [6.07, 6.45) is -5.11. The maximum absolute atomic E-state index is 13.7. The van der Waals surface area contributed by atoms with Crippen LogP contribution in [0.3, 0.4) is 0 Å². The standard InChI is InChI=1S/C31H33F4N5O5/c1-18-15-40(19(2)17-41)28(42)25-14-24(37-29(43)36-22-8-4-20(5-9-22)31(33,34)35)12-13-26(25)45-27(18)16-39(3)30(44)38-23-10-6-21(32)7-11-23/h4-14,18-19,27,41H,15-17H2,1-3H3,(H,38,44)(H2,36,37,43)/t18-,19-,27+/m0/s1. The van der Waals surface area contributed by atoms with Crippen LogP contribution < -0.4 is 20.7 Å². The van der Waals surface area contributed by atoms with Gasteiger partial charge in [-0.05, 0) is 73.7 Å². The number of aliphatic hydroxyl groups is 1. The molecule has 0 spiro atoms. The highest BCUT2D eigenvalue weighted by Crippen LogP contribution is 2.32. The van der Waals surface area contributed by atoms with Crippen LogP contribution in [0.1, 0.15) is 29.8 Å². The Morgan fingerprint density at radius 1 is 1.00 bits per heavy atom. The Morgan fingerprint density at radius 3 is 2.20 bits per heavy atom. The molecule has 10 nitrogen and oxygen atoms in total. The van der Waals surface area contributed by atoms with E-state index in [1.54, 1.807) is 14.0 Å². The first kappa shape index (κ1) is 33.1. The monoisotopic (exact) mass is 631 g/mol. The maximum atomic E-state index is 13.7. The summed E-state index contributed by atoms with van der Waals surface area (Å²) < 4.78 is 58.0. The lowest BCUT2D eigenvalue weighted by Gasteiger charge is -2.38. The van der Waals surface area contributed by atoms with Gasteiger partial charge in [-0.3, -0.25) is 4.79 Å². The predicted molar refractivity (Wildman–Crippen MR) is 160 cm³/mol. The fourth-order valence-corrected chi connectivity index (χ4v) is 4.66. The zero-order valence-electron chi connectivity index (χ0n) is 24.7. The summed E-state index contributed by atoms with van der Waals surface area (Å²) in [5.41, 5.74) is -0.0343. The number of likely N-dealkylation sites (N-methyl/N-ethyl adjacent to an activating group) is 1. The Hall–Kier alpha value is -4.85. The van der Waals surface area contributed by atoms with Gasteiger partial charge in [0.25, 0.3) is 5.91 Å². The lowest BCUT2D eigenvalue weighted by atomic mass is 9.99. The number of nitrogens with zero attached hydrogens (tertiary/aromatic N) is 2. The lowest BCUT2D eigenvalue weighted by Crippen LogP contribution is -2.50. The normalized spacial score (nSPS) is 17.2. The van der Waals surface area contributed by atoms with E-state index < -0.39 is 47.7 Å². The fourth-order valence-electron chi connectivity index (χ4n) is 4.66. The lowest BCUT2D eigenvalue weighted by molar-refractivity contribution is -0.137. The first-order valence-electron chi connectivity index (χ1n) is 14.0. The van der Waals surface area contributed by atoms with E-state index in [1.807, 2.05) is 6.92 Å². The van der Waals surface area contributed by atoms with Crippen LogP contribution >= 0.6 is 0 Å². The summed E-state index contributed by atoms with van der Waals surface area (Å²) in [6.45, 7) is 3.52. The van der Waals surface area contributed by atoms with Crippen molar-refractivity contribution in [3.05, 3.63) is 83.7 Å². The van der Waals surface area contributed by atoms with Crippen molar-refractivity contribution in [2.75, 3.05) is 42.7 Å². The zero-order chi connectivity index (χ0) is 32.9. The summed E-state index contributed by atoms with van der Waals surface area (Å²) >= 11 is 0. The van der Waals surface area contributed by atoms with Crippen LogP contribution in [0.4, 0.5) is 44.2 Å². The number of rotatable bonds is 7. The van der Waals surface area contributed by atoms with E-state index in [0.717, 1.165) is 24.3 Å². The van der Waals surface area contributed by atoms with Crippen LogP contribution in [-0.2, 0) is 6.18 Å². The Bertz CT molecular complexity index is 1520. The molecular weight excluding hydrogens is 598 g/mol. The Morgan fingerprint density at radius 2 is 1.58 bits per heavy atom. The van der Waals surface area contributed by atoms with Crippen molar-refractivity contribution < 1.29 is 41.8 Å². The third-order valence-corrected chi connectivity index (χ3v) is 7.29. The van der Waals surface area contributed by atoms with E-state index in [2.05, 4.69) is 16.0 Å². The number of alkyl halides is 3. The van der Waals surface area contributed by atoms with Crippen molar-refractivity contribution in [2.45, 2.75) is 32.2 Å². The number of nitrogens with one attached hydrogen (secondary N) is 3. The van der Waals surface area contributed by atoms with Gasteiger partial charge in [0.1, 0.15) is 17.7 Å². The molecule has 45 heavy (non-hydrogen) atoms. The second-order valence-corrected chi connectivity index (χ2v) is 10.8. The number of hydrogen-bond acceptors (Lipinski definition) is 5. The molecule has 3 aromatic rings. The van der Waals surface area contributed by atoms with Gasteiger partial charge in [0.2, 0.25) is 0 Å². The fraction of sp³-hybridized carbons (Fsp3) is 0.323. The summed E-state index contributed by atoms with van der Waals surface area (Å²) in [6, 6.07) is 11.8. The van der Waals surface area contributed by atoms with Crippen molar-refractivity contribution in [1.29, 1.82) is 0 Å². The summed E-state index contributed by atoms with van der Waals surface area (Å²) in [7, 11) is 1.57. The highest BCUT2D eigenvalue weighted by molar-refractivity contribution is 6.02. The van der Waals surface area contributed by atoms with Gasteiger partial charge < -0.3 is 35.6 Å². The Balaban J connectivity index is 1.52. The molecule has 1 aliphatic rings. The van der Waals surface area contributed by atoms with Crippen molar-refractivity contribution >= 4 is 35.0 Å². The minimum absolute atomic E-state index is 0.0953. The van der Waals surface area contributed by atoms with E-state index in [-0.39, 0.29) is 48.3 Å². The molecule has 5 amide bonds. The molecule has 0 aromatic heterocycles. The van der Waals surface area contributed by atoms with Crippen molar-refractivity contribution in [1.82, 2.24) is 9.80 Å². The molecule has 3 atom stereocenters. The number of carbonyl (C=O) groups is 3. The van der Waals surface area contributed by atoms with Crippen LogP contribution in [0.25, 0.3) is 0 Å². The number of ether oxygens (including phenoxy) is 1. The van der Waals surface area contributed by atoms with Gasteiger partial charge in [-0.1, -0.05) is 6.92 Å². The minimum Gasteiger partial charge on any atom is -0.487 e. The second kappa shape index (κ2) is 13.8. The van der Waals surface area contributed by atoms with E-state index in [0.29, 0.717) is 5.69 Å². The molecule has 3 aromatic carbocycles. The van der Waals surface area contributed by atoms with Gasteiger partial charge in [-0.15, -0.1) is 0 Å². The summed E-state index contributed by atoms with van der Waals surface area (Å²) in [5, 5.41) is 17.6. The number of aliphatic hydroxyl groups excluding tert-OH is 1. The largest absolute Gasteiger partial charge is 0.487 e. The third-order valence-electron chi connectivity index (χ3n) is 7.29. The Kier molecular flexibility index (Phi) is 10.2. The zero-order valence-corrected chi connectivity index (χ0v) is 24.7. The van der Waals surface area contributed by atoms with Gasteiger partial charge in [0, 0.05) is 36.6 Å². The van der Waals surface area contributed by atoms with Crippen molar-refractivity contribution in [2.24, 2.45) is 5.92 Å². The molecule has 0 saturated carbocycles. The smallest absolute Gasteiger partial charge is 0.416 e. The van der Waals surface area contributed by atoms with Crippen LogP contribution in [0, 0.1) is 11.7 Å². The molecule has 4 rings (SSSR count). The predicted octanol–water partition coefficient (Wildman–Crippen LogP) is 5.87. The van der Waals surface area contributed by atoms with E-state index in [4.69, 9.17) is 4.74 Å². The number of anilines is 3. The molecule has 4 N–H and O–H groups in total. The number of urea groups is 2. The van der Waals surface area contributed by atoms with Gasteiger partial charge in [-0.25, -0.2) is 14.0 Å². The molecule has 0 saturated heterocycles. The maximum Gasteiger partial charge on any atom is 0.416 e. The SMILES string of the molecule is C[C@H]1CN([C@@H](C)CO)C(=O)c2cc(NC(=O)Nc3ccc(C(F)(F)F)cc3)ccc2O[C@@H]1CN(C)C(=O)Nc1ccc(F)cc1. The van der Waals surface area contributed by atoms with Crippen LogP contribution in [0.15, 0.2) is 66.7 Å². The number of hydrogen-bond donors (Lipinski definition) is 4. The first-order chi connectivity index (χ1) is 21.2. The van der Waals surface area contributed by atoms with Gasteiger partial charge in [-0.2, -0.15) is 13.2 Å². The highest BCUT2D eigenvalue weighted by Gasteiger charge is 2.34. The topological polar surface area (TPSA) is 123 Å². The highest BCUT2D eigenvalue weighted by atomic mass is 19.4. The van der Waals surface area contributed by atoms with E-state index in [9.17, 15) is 37.1 Å². The number of fused-ring (bicyclic) bond motifs is 1.